The number of nitrogens with one attached hydrogen (secondary N) is 1. The van der Waals surface area contributed by atoms with E-state index in [2.05, 4.69) is 19.2 Å². The minimum atomic E-state index is -1.10. The predicted octanol–water partition coefficient (Wildman–Crippen LogP) is 3.14. The van der Waals surface area contributed by atoms with Gasteiger partial charge in [0.15, 0.2) is 0 Å². The molecule has 6 nitrogen and oxygen atoms in total. The molecule has 0 aliphatic heterocycles. The topological polar surface area (TPSA) is 92.5 Å². The minimum Gasteiger partial charge on any atom is -0.478 e. The first kappa shape index (κ1) is 14.9. The Morgan fingerprint density at radius 3 is 2.53 bits per heavy atom. The summed E-state index contributed by atoms with van der Waals surface area (Å²) in [5.74, 6) is -0.687. The smallest absolute Gasteiger partial charge is 0.335 e. The highest BCUT2D eigenvalue weighted by Gasteiger charge is 2.17. The van der Waals surface area contributed by atoms with Crippen molar-refractivity contribution in [2.45, 2.75) is 26.7 Å². The van der Waals surface area contributed by atoms with Crippen LogP contribution in [0.25, 0.3) is 0 Å². The van der Waals surface area contributed by atoms with Crippen molar-refractivity contribution >= 4 is 17.3 Å². The largest absolute Gasteiger partial charge is 0.478 e. The second-order valence-corrected chi connectivity index (χ2v) is 4.36. The normalized spacial score (nSPS) is 10.5. The first-order chi connectivity index (χ1) is 8.99. The van der Waals surface area contributed by atoms with Gasteiger partial charge in [0.25, 0.3) is 5.69 Å². The van der Waals surface area contributed by atoms with E-state index in [0.717, 1.165) is 12.8 Å². The summed E-state index contributed by atoms with van der Waals surface area (Å²) < 4.78 is 0. The quantitative estimate of drug-likeness (QED) is 0.584. The zero-order valence-electron chi connectivity index (χ0n) is 11.0. The lowest BCUT2D eigenvalue weighted by atomic mass is 10.0. The number of nitro groups is 1. The van der Waals surface area contributed by atoms with Crippen molar-refractivity contribution in [3.05, 3.63) is 33.9 Å². The summed E-state index contributed by atoms with van der Waals surface area (Å²) in [6.45, 7) is 4.70. The summed E-state index contributed by atoms with van der Waals surface area (Å²) >= 11 is 0. The molecular weight excluding hydrogens is 248 g/mol. The van der Waals surface area contributed by atoms with Gasteiger partial charge in [-0.05, 0) is 18.1 Å². The number of carboxylic acids is 1. The van der Waals surface area contributed by atoms with Gasteiger partial charge in [-0.1, -0.05) is 26.7 Å². The number of carboxylic acid groups (broad SMARTS) is 1. The van der Waals surface area contributed by atoms with E-state index in [1.165, 1.54) is 18.2 Å². The van der Waals surface area contributed by atoms with E-state index in [0.29, 0.717) is 12.5 Å². The van der Waals surface area contributed by atoms with Crippen molar-refractivity contribution in [2.75, 3.05) is 11.9 Å². The number of nitrogens with zero attached hydrogens (tertiary/aromatic N) is 1. The van der Waals surface area contributed by atoms with Gasteiger partial charge in [-0.3, -0.25) is 10.1 Å². The molecule has 0 amide bonds. The third-order valence-corrected chi connectivity index (χ3v) is 3.18. The Bertz CT molecular complexity index is 470. The van der Waals surface area contributed by atoms with Gasteiger partial charge in [-0.25, -0.2) is 4.79 Å². The maximum atomic E-state index is 10.9. The molecule has 0 unspecified atom stereocenters. The number of hydrogen-bond donors (Lipinski definition) is 2. The predicted molar refractivity (Wildman–Crippen MR) is 72.6 cm³/mol. The van der Waals surface area contributed by atoms with Crippen molar-refractivity contribution in [3.63, 3.8) is 0 Å². The van der Waals surface area contributed by atoms with E-state index in [4.69, 9.17) is 5.11 Å². The SMILES string of the molecule is CCC(CC)CNc1cc(C(=O)O)ccc1[N+](=O)[O-]. The number of nitro benzene ring substituents is 1. The average molecular weight is 266 g/mol. The molecule has 1 aromatic carbocycles. The van der Waals surface area contributed by atoms with Crippen molar-refractivity contribution in [1.29, 1.82) is 0 Å². The summed E-state index contributed by atoms with van der Waals surface area (Å²) in [5, 5.41) is 22.8. The molecule has 0 saturated carbocycles. The summed E-state index contributed by atoms with van der Waals surface area (Å²) in [7, 11) is 0. The molecule has 0 saturated heterocycles. The van der Waals surface area contributed by atoms with Crippen LogP contribution < -0.4 is 5.32 Å². The van der Waals surface area contributed by atoms with Crippen LogP contribution in [0, 0.1) is 16.0 Å². The molecule has 0 aromatic heterocycles. The van der Waals surface area contributed by atoms with E-state index in [-0.39, 0.29) is 16.9 Å². The molecule has 0 radical (unpaired) electrons. The highest BCUT2D eigenvalue weighted by atomic mass is 16.6. The van der Waals surface area contributed by atoms with Crippen LogP contribution in [0.3, 0.4) is 0 Å². The van der Waals surface area contributed by atoms with E-state index < -0.39 is 10.9 Å². The third kappa shape index (κ3) is 3.94. The average Bonchev–Trinajstić information content (AvgIpc) is 2.39. The van der Waals surface area contributed by atoms with Crippen molar-refractivity contribution in [1.82, 2.24) is 0 Å². The zero-order valence-corrected chi connectivity index (χ0v) is 11.0. The standard InChI is InChI=1S/C13H18N2O4/c1-3-9(4-2)8-14-11-7-10(13(16)17)5-6-12(11)15(18)19/h5-7,9,14H,3-4,8H2,1-2H3,(H,16,17). The molecule has 1 aromatic rings. The Morgan fingerprint density at radius 2 is 2.05 bits per heavy atom. The minimum absolute atomic E-state index is 0.0395. The first-order valence-corrected chi connectivity index (χ1v) is 6.25. The third-order valence-electron chi connectivity index (χ3n) is 3.18. The van der Waals surface area contributed by atoms with Crippen LogP contribution in [0.5, 0.6) is 0 Å². The molecule has 19 heavy (non-hydrogen) atoms. The highest BCUT2D eigenvalue weighted by molar-refractivity contribution is 5.90. The molecule has 104 valence electrons. The Kier molecular flexibility index (Phi) is 5.29. The van der Waals surface area contributed by atoms with Crippen LogP contribution in [0.15, 0.2) is 18.2 Å². The monoisotopic (exact) mass is 266 g/mol. The van der Waals surface area contributed by atoms with Gasteiger partial charge in [-0.15, -0.1) is 0 Å². The van der Waals surface area contributed by atoms with E-state index in [9.17, 15) is 14.9 Å². The Hall–Kier alpha value is -2.11. The first-order valence-electron chi connectivity index (χ1n) is 6.25. The summed E-state index contributed by atoms with van der Waals surface area (Å²) in [5.41, 5.74) is 0.199. The fourth-order valence-corrected chi connectivity index (χ4v) is 1.80. The van der Waals surface area contributed by atoms with Gasteiger partial charge in [0, 0.05) is 12.6 Å². The van der Waals surface area contributed by atoms with Crippen LogP contribution in [0.4, 0.5) is 11.4 Å². The van der Waals surface area contributed by atoms with Crippen molar-refractivity contribution < 1.29 is 14.8 Å². The number of anilines is 1. The molecule has 1 rings (SSSR count). The molecule has 0 aliphatic carbocycles. The fraction of sp³-hybridized carbons (Fsp3) is 0.462. The van der Waals surface area contributed by atoms with Crippen LogP contribution >= 0.6 is 0 Å². The summed E-state index contributed by atoms with van der Waals surface area (Å²) in [6.07, 6.45) is 1.94. The Balaban J connectivity index is 2.97. The summed E-state index contributed by atoms with van der Waals surface area (Å²) in [6, 6.07) is 3.77. The second kappa shape index (κ2) is 6.72. The number of rotatable bonds is 7. The van der Waals surface area contributed by atoms with E-state index >= 15 is 0 Å². The maximum absolute atomic E-state index is 10.9. The molecule has 2 N–H and O–H groups in total. The van der Waals surface area contributed by atoms with Gasteiger partial charge < -0.3 is 10.4 Å². The number of benzene rings is 1. The summed E-state index contributed by atoms with van der Waals surface area (Å²) in [4.78, 5) is 21.3. The zero-order chi connectivity index (χ0) is 14.4. The molecule has 0 atom stereocenters. The molecule has 0 fully saturated rings. The molecule has 0 bridgehead atoms. The molecule has 0 aliphatic rings. The van der Waals surface area contributed by atoms with E-state index in [1.807, 2.05) is 0 Å². The Labute approximate surface area is 111 Å². The van der Waals surface area contributed by atoms with Gasteiger partial charge in [0.2, 0.25) is 0 Å². The van der Waals surface area contributed by atoms with Gasteiger partial charge >= 0.3 is 5.97 Å². The molecule has 0 heterocycles. The lowest BCUT2D eigenvalue weighted by molar-refractivity contribution is -0.384. The van der Waals surface area contributed by atoms with Crippen molar-refractivity contribution in [2.24, 2.45) is 5.92 Å². The van der Waals surface area contributed by atoms with E-state index in [1.54, 1.807) is 0 Å². The van der Waals surface area contributed by atoms with Crippen LogP contribution in [-0.4, -0.2) is 22.5 Å². The van der Waals surface area contributed by atoms with Crippen molar-refractivity contribution in [3.8, 4) is 0 Å². The molecular formula is C13H18N2O4. The molecule has 0 spiro atoms. The Morgan fingerprint density at radius 1 is 1.42 bits per heavy atom. The second-order valence-electron chi connectivity index (χ2n) is 4.36. The van der Waals surface area contributed by atoms with Crippen LogP contribution in [-0.2, 0) is 0 Å². The lowest BCUT2D eigenvalue weighted by Crippen LogP contribution is -2.14. The van der Waals surface area contributed by atoms with Gasteiger partial charge in [-0.2, -0.15) is 0 Å². The molecule has 6 heteroatoms. The van der Waals surface area contributed by atoms with Gasteiger partial charge in [0.1, 0.15) is 5.69 Å². The highest BCUT2D eigenvalue weighted by Crippen LogP contribution is 2.26. The number of hydrogen-bond acceptors (Lipinski definition) is 4. The maximum Gasteiger partial charge on any atom is 0.335 e. The number of carbonyl (C=O) groups is 1. The number of aromatic carboxylic acids is 1. The van der Waals surface area contributed by atoms with Crippen LogP contribution in [0.1, 0.15) is 37.0 Å². The van der Waals surface area contributed by atoms with Gasteiger partial charge in [0.05, 0.1) is 10.5 Å². The van der Waals surface area contributed by atoms with Crippen LogP contribution in [0.2, 0.25) is 0 Å². The fourth-order valence-electron chi connectivity index (χ4n) is 1.80. The lowest BCUT2D eigenvalue weighted by Gasteiger charge is -2.14.